The number of rotatable bonds is 5. The van der Waals surface area contributed by atoms with Gasteiger partial charge < -0.3 is 5.32 Å². The molecule has 1 aliphatic rings. The van der Waals surface area contributed by atoms with Crippen LogP contribution in [0.15, 0.2) is 61.1 Å². The number of aromatic nitrogens is 4. The summed E-state index contributed by atoms with van der Waals surface area (Å²) in [7, 11) is 2.16. The van der Waals surface area contributed by atoms with Crippen LogP contribution >= 0.6 is 0 Å². The molecule has 0 fully saturated rings. The van der Waals surface area contributed by atoms with Crippen molar-refractivity contribution in [2.24, 2.45) is 0 Å². The molecule has 2 aromatic carbocycles. The van der Waals surface area contributed by atoms with E-state index in [-0.39, 0.29) is 0 Å². The number of hydrogen-bond donors (Lipinski definition) is 1. The van der Waals surface area contributed by atoms with Crippen LogP contribution in [0, 0.1) is 0 Å². The lowest BCUT2D eigenvalue weighted by Gasteiger charge is -2.20. The van der Waals surface area contributed by atoms with Gasteiger partial charge in [-0.05, 0) is 36.9 Å². The van der Waals surface area contributed by atoms with Gasteiger partial charge >= 0.3 is 0 Å². The standard InChI is InChI=1S/C22H24N6/c1-26(15-18-12-25-28-11-10-23-13-22(18)28)14-17-6-8-19(9-7-17)27-16-24-20-4-2-3-5-21(20)27/h2-9,12,16,23H,10-11,13-15H2,1H3. The second-order valence-corrected chi connectivity index (χ2v) is 7.46. The van der Waals surface area contributed by atoms with E-state index in [1.165, 1.54) is 16.8 Å². The zero-order valence-electron chi connectivity index (χ0n) is 16.0. The zero-order chi connectivity index (χ0) is 18.9. The van der Waals surface area contributed by atoms with Crippen molar-refractivity contribution >= 4 is 11.0 Å². The quantitative estimate of drug-likeness (QED) is 0.585. The highest BCUT2D eigenvalue weighted by Gasteiger charge is 2.15. The topological polar surface area (TPSA) is 50.9 Å². The maximum absolute atomic E-state index is 4.52. The summed E-state index contributed by atoms with van der Waals surface area (Å²) < 4.78 is 4.26. The molecule has 0 unspecified atom stereocenters. The number of nitrogens with one attached hydrogen (secondary N) is 1. The van der Waals surface area contributed by atoms with E-state index in [9.17, 15) is 0 Å². The van der Waals surface area contributed by atoms with Crippen molar-refractivity contribution in [1.29, 1.82) is 0 Å². The van der Waals surface area contributed by atoms with Gasteiger partial charge in [-0.3, -0.25) is 14.1 Å². The predicted molar refractivity (Wildman–Crippen MR) is 110 cm³/mol. The molecule has 6 heteroatoms. The number of para-hydroxylation sites is 2. The molecular formula is C22H24N6. The Morgan fingerprint density at radius 1 is 1.07 bits per heavy atom. The van der Waals surface area contributed by atoms with Gasteiger partial charge in [0.15, 0.2) is 0 Å². The van der Waals surface area contributed by atoms with Gasteiger partial charge in [0.25, 0.3) is 0 Å². The molecule has 0 spiro atoms. The third-order valence-electron chi connectivity index (χ3n) is 5.39. The number of hydrogen-bond acceptors (Lipinski definition) is 4. The molecule has 6 nitrogen and oxygen atoms in total. The third-order valence-corrected chi connectivity index (χ3v) is 5.39. The van der Waals surface area contributed by atoms with Gasteiger partial charge in [-0.25, -0.2) is 4.98 Å². The van der Waals surface area contributed by atoms with Crippen LogP contribution in [0.3, 0.4) is 0 Å². The Balaban J connectivity index is 1.29. The van der Waals surface area contributed by atoms with Crippen molar-refractivity contribution in [1.82, 2.24) is 29.5 Å². The summed E-state index contributed by atoms with van der Waals surface area (Å²) in [5, 5.41) is 7.96. The second-order valence-electron chi connectivity index (χ2n) is 7.46. The van der Waals surface area contributed by atoms with Crippen LogP contribution in [0.4, 0.5) is 0 Å². The van der Waals surface area contributed by atoms with E-state index < -0.39 is 0 Å². The van der Waals surface area contributed by atoms with Crippen LogP contribution in [0.5, 0.6) is 0 Å². The molecule has 5 rings (SSSR count). The summed E-state index contributed by atoms with van der Waals surface area (Å²) in [5.41, 5.74) is 7.22. The monoisotopic (exact) mass is 372 g/mol. The molecule has 4 aromatic rings. The van der Waals surface area contributed by atoms with Crippen LogP contribution < -0.4 is 5.32 Å². The molecule has 0 amide bonds. The minimum Gasteiger partial charge on any atom is -0.309 e. The normalized spacial score (nSPS) is 13.9. The Bertz CT molecular complexity index is 1090. The van der Waals surface area contributed by atoms with Crippen molar-refractivity contribution in [3.63, 3.8) is 0 Å². The van der Waals surface area contributed by atoms with Crippen molar-refractivity contribution in [2.45, 2.75) is 26.2 Å². The number of nitrogens with zero attached hydrogens (tertiary/aromatic N) is 5. The Hall–Kier alpha value is -2.96. The van der Waals surface area contributed by atoms with E-state index in [0.717, 1.165) is 49.4 Å². The Kier molecular flexibility index (Phi) is 4.43. The highest BCUT2D eigenvalue weighted by molar-refractivity contribution is 5.77. The highest BCUT2D eigenvalue weighted by Crippen LogP contribution is 2.19. The van der Waals surface area contributed by atoms with Crippen LogP contribution in [-0.2, 0) is 26.2 Å². The van der Waals surface area contributed by atoms with E-state index in [1.54, 1.807) is 0 Å². The summed E-state index contributed by atoms with van der Waals surface area (Å²) in [6.07, 6.45) is 3.91. The summed E-state index contributed by atoms with van der Waals surface area (Å²) in [6, 6.07) is 17.0. The van der Waals surface area contributed by atoms with E-state index in [0.29, 0.717) is 0 Å². The van der Waals surface area contributed by atoms with E-state index in [1.807, 2.05) is 24.7 Å². The molecule has 0 aliphatic carbocycles. The zero-order valence-corrected chi connectivity index (χ0v) is 16.0. The summed E-state index contributed by atoms with van der Waals surface area (Å²) in [6.45, 7) is 4.69. The average Bonchev–Trinajstić information content (AvgIpc) is 3.33. The lowest BCUT2D eigenvalue weighted by Crippen LogP contribution is -2.29. The van der Waals surface area contributed by atoms with Gasteiger partial charge in [-0.1, -0.05) is 24.3 Å². The molecule has 28 heavy (non-hydrogen) atoms. The van der Waals surface area contributed by atoms with Gasteiger partial charge in [0.05, 0.1) is 29.5 Å². The molecule has 1 aliphatic heterocycles. The lowest BCUT2D eigenvalue weighted by molar-refractivity contribution is 0.316. The number of fused-ring (bicyclic) bond motifs is 2. The fraction of sp³-hybridized carbons (Fsp3) is 0.273. The molecule has 0 atom stereocenters. The molecular weight excluding hydrogens is 348 g/mol. The first-order valence-electron chi connectivity index (χ1n) is 9.72. The molecule has 142 valence electrons. The smallest absolute Gasteiger partial charge is 0.100 e. The lowest BCUT2D eigenvalue weighted by atomic mass is 10.1. The van der Waals surface area contributed by atoms with Gasteiger partial charge in [0.1, 0.15) is 6.33 Å². The van der Waals surface area contributed by atoms with Gasteiger partial charge in [-0.2, -0.15) is 5.10 Å². The van der Waals surface area contributed by atoms with Crippen molar-refractivity contribution < 1.29 is 0 Å². The third kappa shape index (κ3) is 3.21. The average molecular weight is 372 g/mol. The predicted octanol–water partition coefficient (Wildman–Crippen LogP) is 2.96. The summed E-state index contributed by atoms with van der Waals surface area (Å²) in [5.74, 6) is 0. The van der Waals surface area contributed by atoms with Gasteiger partial charge in [-0.15, -0.1) is 0 Å². The first-order chi connectivity index (χ1) is 13.8. The van der Waals surface area contributed by atoms with E-state index in [4.69, 9.17) is 0 Å². The fourth-order valence-corrected chi connectivity index (χ4v) is 3.96. The number of imidazole rings is 1. The number of benzene rings is 2. The van der Waals surface area contributed by atoms with Crippen LogP contribution in [-0.4, -0.2) is 37.8 Å². The Morgan fingerprint density at radius 2 is 1.93 bits per heavy atom. The molecule has 0 saturated heterocycles. The first kappa shape index (κ1) is 17.2. The minimum absolute atomic E-state index is 0.906. The van der Waals surface area contributed by atoms with Gasteiger partial charge in [0, 0.05) is 37.4 Å². The summed E-state index contributed by atoms with van der Waals surface area (Å²) in [4.78, 5) is 6.83. The molecule has 1 N–H and O–H groups in total. The van der Waals surface area contributed by atoms with Gasteiger partial charge in [0.2, 0.25) is 0 Å². The van der Waals surface area contributed by atoms with E-state index >= 15 is 0 Å². The molecule has 3 heterocycles. The largest absolute Gasteiger partial charge is 0.309 e. The van der Waals surface area contributed by atoms with E-state index in [2.05, 4.69) is 73.0 Å². The molecule has 0 saturated carbocycles. The summed E-state index contributed by atoms with van der Waals surface area (Å²) >= 11 is 0. The van der Waals surface area contributed by atoms with Crippen LogP contribution in [0.25, 0.3) is 16.7 Å². The van der Waals surface area contributed by atoms with Crippen molar-refractivity contribution in [2.75, 3.05) is 13.6 Å². The molecule has 0 radical (unpaired) electrons. The van der Waals surface area contributed by atoms with Crippen LogP contribution in [0.2, 0.25) is 0 Å². The maximum Gasteiger partial charge on any atom is 0.100 e. The molecule has 2 aromatic heterocycles. The second kappa shape index (κ2) is 7.22. The Labute approximate surface area is 164 Å². The van der Waals surface area contributed by atoms with Crippen molar-refractivity contribution in [3.8, 4) is 5.69 Å². The minimum atomic E-state index is 0.906. The highest BCUT2D eigenvalue weighted by atomic mass is 15.3. The fourth-order valence-electron chi connectivity index (χ4n) is 3.96. The SMILES string of the molecule is CN(Cc1ccc(-n2cnc3ccccc32)cc1)Cc1cnn2c1CNCC2. The van der Waals surface area contributed by atoms with Crippen LogP contribution in [0.1, 0.15) is 16.8 Å². The molecule has 0 bridgehead atoms. The maximum atomic E-state index is 4.52. The first-order valence-corrected chi connectivity index (χ1v) is 9.72. The van der Waals surface area contributed by atoms with Crippen molar-refractivity contribution in [3.05, 3.63) is 77.9 Å². The Morgan fingerprint density at radius 3 is 2.82 bits per heavy atom.